The molecule has 0 saturated heterocycles. The highest BCUT2D eigenvalue weighted by molar-refractivity contribution is 4.49. The van der Waals surface area contributed by atoms with E-state index in [2.05, 4.69) is 6.92 Å². The molecule has 0 aliphatic rings. The fourth-order valence-corrected chi connectivity index (χ4v) is 1.84. The van der Waals surface area contributed by atoms with Gasteiger partial charge in [0.15, 0.2) is 0 Å². The van der Waals surface area contributed by atoms with Crippen LogP contribution in [-0.4, -0.2) is 33.0 Å². The van der Waals surface area contributed by atoms with Gasteiger partial charge in [-0.15, -0.1) is 0 Å². The second-order valence-corrected chi connectivity index (χ2v) is 4.78. The molecule has 0 aliphatic carbocycles. The first-order chi connectivity index (χ1) is 9.41. The minimum absolute atomic E-state index is 0.560. The van der Waals surface area contributed by atoms with E-state index in [9.17, 15) is 0 Å². The smallest absolute Gasteiger partial charge is 0.109 e. The maximum Gasteiger partial charge on any atom is 0.109 e. The predicted molar refractivity (Wildman–Crippen MR) is 80.2 cm³/mol. The Bertz CT molecular complexity index is 135. The Morgan fingerprint density at radius 3 is 2.00 bits per heavy atom. The van der Waals surface area contributed by atoms with Crippen molar-refractivity contribution < 1.29 is 14.2 Å². The summed E-state index contributed by atoms with van der Waals surface area (Å²) in [4.78, 5) is 0. The molecule has 0 aliphatic heterocycles. The first-order valence-corrected chi connectivity index (χ1v) is 8.00. The first-order valence-electron chi connectivity index (χ1n) is 8.00. The molecule has 0 unspecified atom stereocenters. The molecule has 1 radical (unpaired) electrons. The zero-order valence-corrected chi connectivity index (χ0v) is 13.0. The molecule has 0 aromatic rings. The Morgan fingerprint density at radius 2 is 1.32 bits per heavy atom. The Labute approximate surface area is 120 Å². The van der Waals surface area contributed by atoms with Crippen molar-refractivity contribution in [3.63, 3.8) is 0 Å². The van der Waals surface area contributed by atoms with Gasteiger partial charge in [0.1, 0.15) is 6.61 Å². The summed E-state index contributed by atoms with van der Waals surface area (Å²) < 4.78 is 15.9. The number of hydrogen-bond acceptors (Lipinski definition) is 3. The third-order valence-corrected chi connectivity index (χ3v) is 3.00. The lowest BCUT2D eigenvalue weighted by atomic mass is 10.1. The SMILES string of the molecule is CCCCCCCCCCO[CH]COCCOCC. The van der Waals surface area contributed by atoms with E-state index >= 15 is 0 Å². The van der Waals surface area contributed by atoms with Gasteiger partial charge in [-0.2, -0.15) is 0 Å². The van der Waals surface area contributed by atoms with E-state index in [1.807, 2.05) is 6.92 Å². The summed E-state index contributed by atoms with van der Waals surface area (Å²) in [5.41, 5.74) is 0. The van der Waals surface area contributed by atoms with Gasteiger partial charge in [-0.05, 0) is 13.3 Å². The third kappa shape index (κ3) is 17.9. The van der Waals surface area contributed by atoms with E-state index in [0.717, 1.165) is 19.6 Å². The highest BCUT2D eigenvalue weighted by Crippen LogP contribution is 2.08. The highest BCUT2D eigenvalue weighted by atomic mass is 16.5. The van der Waals surface area contributed by atoms with Crippen molar-refractivity contribution in [3.8, 4) is 0 Å². The molecule has 0 fully saturated rings. The summed E-state index contributed by atoms with van der Waals surface area (Å²) in [6.07, 6.45) is 10.7. The summed E-state index contributed by atoms with van der Waals surface area (Å²) in [6.45, 7) is 9.45. The predicted octanol–water partition coefficient (Wildman–Crippen LogP) is 4.36. The van der Waals surface area contributed by atoms with Crippen molar-refractivity contribution in [3.05, 3.63) is 6.61 Å². The lowest BCUT2D eigenvalue weighted by molar-refractivity contribution is 0.0398. The fourth-order valence-electron chi connectivity index (χ4n) is 1.84. The van der Waals surface area contributed by atoms with Gasteiger partial charge in [-0.1, -0.05) is 51.9 Å². The van der Waals surface area contributed by atoms with E-state index in [-0.39, 0.29) is 0 Å². The average molecular weight is 273 g/mol. The van der Waals surface area contributed by atoms with Crippen LogP contribution in [0.3, 0.4) is 0 Å². The molecule has 0 amide bonds. The van der Waals surface area contributed by atoms with Crippen molar-refractivity contribution in [2.75, 3.05) is 33.0 Å². The molecule has 115 valence electrons. The zero-order chi connectivity index (χ0) is 14.0. The van der Waals surface area contributed by atoms with E-state index in [4.69, 9.17) is 14.2 Å². The van der Waals surface area contributed by atoms with E-state index < -0.39 is 0 Å². The molecule has 19 heavy (non-hydrogen) atoms. The summed E-state index contributed by atoms with van der Waals surface area (Å²) in [7, 11) is 0. The van der Waals surface area contributed by atoms with E-state index in [1.165, 1.54) is 44.9 Å². The van der Waals surface area contributed by atoms with Crippen molar-refractivity contribution in [1.82, 2.24) is 0 Å². The zero-order valence-electron chi connectivity index (χ0n) is 13.0. The molecule has 3 nitrogen and oxygen atoms in total. The molecule has 0 heterocycles. The Balaban J connectivity index is 2.88. The van der Waals surface area contributed by atoms with Gasteiger partial charge in [-0.25, -0.2) is 0 Å². The number of rotatable bonds is 16. The van der Waals surface area contributed by atoms with Gasteiger partial charge in [0.05, 0.1) is 19.8 Å². The summed E-state index contributed by atoms with van der Waals surface area (Å²) >= 11 is 0. The Kier molecular flexibility index (Phi) is 17.8. The van der Waals surface area contributed by atoms with Crippen LogP contribution in [0.25, 0.3) is 0 Å². The van der Waals surface area contributed by atoms with Crippen LogP contribution in [0, 0.1) is 6.61 Å². The van der Waals surface area contributed by atoms with Crippen LogP contribution in [0.15, 0.2) is 0 Å². The standard InChI is InChI=1S/C16H33O3/c1-3-5-6-7-8-9-10-11-12-18-15-16-19-14-13-17-4-2/h15H,3-14,16H2,1-2H3. The van der Waals surface area contributed by atoms with Gasteiger partial charge in [-0.3, -0.25) is 0 Å². The summed E-state index contributed by atoms with van der Waals surface area (Å²) in [6, 6.07) is 0. The van der Waals surface area contributed by atoms with Crippen LogP contribution in [0.2, 0.25) is 0 Å². The molecule has 0 rings (SSSR count). The van der Waals surface area contributed by atoms with Gasteiger partial charge in [0, 0.05) is 13.2 Å². The van der Waals surface area contributed by atoms with Crippen LogP contribution in [0.1, 0.15) is 65.2 Å². The van der Waals surface area contributed by atoms with Gasteiger partial charge in [0.2, 0.25) is 0 Å². The Morgan fingerprint density at radius 1 is 0.684 bits per heavy atom. The quantitative estimate of drug-likeness (QED) is 0.391. The lowest BCUT2D eigenvalue weighted by Crippen LogP contribution is -2.06. The third-order valence-electron chi connectivity index (χ3n) is 3.00. The molecule has 0 bridgehead atoms. The number of unbranched alkanes of at least 4 members (excludes halogenated alkanes) is 7. The Hall–Kier alpha value is -0.120. The second-order valence-electron chi connectivity index (χ2n) is 4.78. The minimum Gasteiger partial charge on any atom is -0.379 e. The molecule has 0 aromatic heterocycles. The monoisotopic (exact) mass is 273 g/mol. The van der Waals surface area contributed by atoms with Crippen LogP contribution < -0.4 is 0 Å². The largest absolute Gasteiger partial charge is 0.379 e. The molecule has 3 heteroatoms. The van der Waals surface area contributed by atoms with Crippen LogP contribution in [0.5, 0.6) is 0 Å². The van der Waals surface area contributed by atoms with Gasteiger partial charge in [0.25, 0.3) is 0 Å². The average Bonchev–Trinajstić information content (AvgIpc) is 2.43. The molecule has 0 aromatic carbocycles. The van der Waals surface area contributed by atoms with Crippen molar-refractivity contribution in [2.24, 2.45) is 0 Å². The van der Waals surface area contributed by atoms with Crippen LogP contribution in [0.4, 0.5) is 0 Å². The first kappa shape index (κ1) is 18.9. The summed E-state index contributed by atoms with van der Waals surface area (Å²) in [5.74, 6) is 0. The van der Waals surface area contributed by atoms with E-state index in [0.29, 0.717) is 19.8 Å². The fraction of sp³-hybridized carbons (Fsp3) is 0.938. The molecule has 0 atom stereocenters. The highest BCUT2D eigenvalue weighted by Gasteiger charge is 1.93. The number of hydrogen-bond donors (Lipinski definition) is 0. The van der Waals surface area contributed by atoms with Gasteiger partial charge >= 0.3 is 0 Å². The molecule has 0 saturated carbocycles. The van der Waals surface area contributed by atoms with Crippen molar-refractivity contribution >= 4 is 0 Å². The van der Waals surface area contributed by atoms with Gasteiger partial charge < -0.3 is 14.2 Å². The molecule has 0 N–H and O–H groups in total. The van der Waals surface area contributed by atoms with Crippen molar-refractivity contribution in [2.45, 2.75) is 65.2 Å². The summed E-state index contributed by atoms with van der Waals surface area (Å²) in [5, 5.41) is 0. The van der Waals surface area contributed by atoms with E-state index in [1.54, 1.807) is 6.61 Å². The topological polar surface area (TPSA) is 27.7 Å². The molecular weight excluding hydrogens is 240 g/mol. The van der Waals surface area contributed by atoms with Crippen LogP contribution >= 0.6 is 0 Å². The maximum absolute atomic E-state index is 5.39. The molecular formula is C16H33O3. The second kappa shape index (κ2) is 17.9. The minimum atomic E-state index is 0.560. The molecule has 0 spiro atoms. The lowest BCUT2D eigenvalue weighted by Gasteiger charge is -2.05. The number of ether oxygens (including phenoxy) is 3. The normalized spacial score (nSPS) is 11.1. The van der Waals surface area contributed by atoms with Crippen LogP contribution in [-0.2, 0) is 14.2 Å². The maximum atomic E-state index is 5.39. The van der Waals surface area contributed by atoms with Crippen molar-refractivity contribution in [1.29, 1.82) is 0 Å².